The predicted octanol–water partition coefficient (Wildman–Crippen LogP) is 1.59. The molecular weight excluding hydrogens is 257 g/mol. The van der Waals surface area contributed by atoms with Crippen molar-refractivity contribution in [2.45, 2.75) is 11.8 Å². The average molecular weight is 273 g/mol. The summed E-state index contributed by atoms with van der Waals surface area (Å²) >= 11 is 0. The second-order valence-electron chi connectivity index (χ2n) is 3.87. The van der Waals surface area contributed by atoms with E-state index in [0.29, 0.717) is 11.3 Å². The van der Waals surface area contributed by atoms with Gasteiger partial charge in [0.1, 0.15) is 18.2 Å². The molecular formula is C12H16FNO3S. The Morgan fingerprint density at radius 3 is 2.67 bits per heavy atom. The fraction of sp³-hybridized carbons (Fsp3) is 0.333. The smallest absolute Gasteiger partial charge is 0.175 e. The molecule has 0 bridgehead atoms. The van der Waals surface area contributed by atoms with Gasteiger partial charge in [0, 0.05) is 12.8 Å². The molecule has 0 aromatic heterocycles. The number of ether oxygens (including phenoxy) is 1. The molecule has 6 heteroatoms. The zero-order valence-corrected chi connectivity index (χ0v) is 11.1. The highest BCUT2D eigenvalue weighted by Gasteiger charge is 2.11. The van der Waals surface area contributed by atoms with Crippen LogP contribution in [0.2, 0.25) is 0 Å². The van der Waals surface area contributed by atoms with E-state index < -0.39 is 15.7 Å². The number of sulfone groups is 1. The number of nitrogens with two attached hydrogens (primary N) is 1. The van der Waals surface area contributed by atoms with Crippen LogP contribution in [0.15, 0.2) is 35.0 Å². The van der Waals surface area contributed by atoms with Gasteiger partial charge in [0.15, 0.2) is 9.84 Å². The molecule has 0 amide bonds. The molecule has 0 aliphatic heterocycles. The Balaban J connectivity index is 2.83. The number of aryl methyl sites for hydroxylation is 1. The molecule has 0 aliphatic rings. The average Bonchev–Trinajstić information content (AvgIpc) is 2.25. The molecule has 1 rings (SSSR count). The maximum Gasteiger partial charge on any atom is 0.175 e. The van der Waals surface area contributed by atoms with Crippen LogP contribution in [-0.4, -0.2) is 27.8 Å². The number of rotatable bonds is 5. The van der Waals surface area contributed by atoms with Gasteiger partial charge in [-0.1, -0.05) is 0 Å². The molecule has 0 heterocycles. The Bertz CT molecular complexity index is 552. The van der Waals surface area contributed by atoms with E-state index in [0.717, 1.165) is 6.26 Å². The van der Waals surface area contributed by atoms with Gasteiger partial charge in [-0.05, 0) is 36.8 Å². The van der Waals surface area contributed by atoms with E-state index in [1.807, 2.05) is 0 Å². The molecule has 2 N–H and O–H groups in total. The van der Waals surface area contributed by atoms with Crippen molar-refractivity contribution in [1.29, 1.82) is 0 Å². The summed E-state index contributed by atoms with van der Waals surface area (Å²) in [4.78, 5) is 0.243. The first-order chi connectivity index (χ1) is 8.34. The lowest BCUT2D eigenvalue weighted by atomic mass is 10.2. The molecule has 18 heavy (non-hydrogen) atoms. The second-order valence-corrected chi connectivity index (χ2v) is 5.86. The van der Waals surface area contributed by atoms with Gasteiger partial charge in [-0.25, -0.2) is 12.8 Å². The first-order valence-corrected chi connectivity index (χ1v) is 7.22. The topological polar surface area (TPSA) is 69.4 Å². The first kappa shape index (κ1) is 14.7. The summed E-state index contributed by atoms with van der Waals surface area (Å²) in [6, 6.07) is 4.51. The van der Waals surface area contributed by atoms with Crippen LogP contribution in [0.5, 0.6) is 5.75 Å². The van der Waals surface area contributed by atoms with Crippen LogP contribution in [-0.2, 0) is 9.84 Å². The molecule has 0 saturated carbocycles. The molecule has 4 nitrogen and oxygen atoms in total. The largest absolute Gasteiger partial charge is 0.487 e. The third kappa shape index (κ3) is 4.12. The normalized spacial score (nSPS) is 12.6. The summed E-state index contributed by atoms with van der Waals surface area (Å²) in [5.74, 6) is -0.0391. The maximum absolute atomic E-state index is 13.0. The summed E-state index contributed by atoms with van der Waals surface area (Å²) in [6.07, 6.45) is 2.36. The highest BCUT2D eigenvalue weighted by Crippen LogP contribution is 2.21. The monoisotopic (exact) mass is 273 g/mol. The first-order valence-electron chi connectivity index (χ1n) is 5.32. The van der Waals surface area contributed by atoms with E-state index in [4.69, 9.17) is 10.5 Å². The minimum atomic E-state index is -3.25. The van der Waals surface area contributed by atoms with Gasteiger partial charge >= 0.3 is 0 Å². The van der Waals surface area contributed by atoms with Gasteiger partial charge in [0.2, 0.25) is 0 Å². The van der Waals surface area contributed by atoms with Gasteiger partial charge in [-0.3, -0.25) is 0 Å². The van der Waals surface area contributed by atoms with E-state index in [9.17, 15) is 12.8 Å². The minimum Gasteiger partial charge on any atom is -0.487 e. The fourth-order valence-electron chi connectivity index (χ4n) is 1.47. The molecule has 0 aliphatic carbocycles. The molecule has 0 atom stereocenters. The Labute approximate surface area is 106 Å². The Morgan fingerprint density at radius 1 is 1.50 bits per heavy atom. The van der Waals surface area contributed by atoms with E-state index in [-0.39, 0.29) is 18.0 Å². The van der Waals surface area contributed by atoms with Crippen molar-refractivity contribution in [1.82, 2.24) is 0 Å². The van der Waals surface area contributed by atoms with Crippen molar-refractivity contribution in [3.05, 3.63) is 35.7 Å². The molecule has 1 aromatic carbocycles. The van der Waals surface area contributed by atoms with Crippen molar-refractivity contribution < 1.29 is 17.5 Å². The van der Waals surface area contributed by atoms with Gasteiger partial charge in [0.05, 0.1) is 4.90 Å². The third-order valence-corrected chi connectivity index (χ3v) is 3.52. The Morgan fingerprint density at radius 2 is 2.17 bits per heavy atom. The lowest BCUT2D eigenvalue weighted by Gasteiger charge is -2.08. The lowest BCUT2D eigenvalue weighted by Crippen LogP contribution is -2.03. The third-order valence-electron chi connectivity index (χ3n) is 2.26. The number of hydrogen-bond donors (Lipinski definition) is 1. The summed E-state index contributed by atoms with van der Waals surface area (Å²) in [5.41, 5.74) is 5.72. The van der Waals surface area contributed by atoms with E-state index >= 15 is 0 Å². The highest BCUT2D eigenvalue weighted by molar-refractivity contribution is 7.90. The maximum atomic E-state index is 13.0. The minimum absolute atomic E-state index is 0.112. The Kier molecular flexibility index (Phi) is 4.86. The van der Waals surface area contributed by atoms with E-state index in [1.165, 1.54) is 18.2 Å². The van der Waals surface area contributed by atoms with Crippen molar-refractivity contribution in [2.75, 3.05) is 19.4 Å². The van der Waals surface area contributed by atoms with Gasteiger partial charge in [0.25, 0.3) is 0 Å². The molecule has 0 saturated heterocycles. The van der Waals surface area contributed by atoms with Crippen LogP contribution in [0, 0.1) is 6.92 Å². The van der Waals surface area contributed by atoms with Gasteiger partial charge < -0.3 is 10.5 Å². The van der Waals surface area contributed by atoms with E-state index in [1.54, 1.807) is 13.0 Å². The van der Waals surface area contributed by atoms with Crippen molar-refractivity contribution in [3.8, 4) is 5.75 Å². The zero-order chi connectivity index (χ0) is 13.8. The quantitative estimate of drug-likeness (QED) is 0.884. The number of hydrogen-bond acceptors (Lipinski definition) is 4. The predicted molar refractivity (Wildman–Crippen MR) is 68.0 cm³/mol. The number of benzene rings is 1. The lowest BCUT2D eigenvalue weighted by molar-refractivity contribution is 0.318. The summed E-state index contributed by atoms with van der Waals surface area (Å²) in [6.45, 7) is 1.56. The van der Waals surface area contributed by atoms with E-state index in [2.05, 4.69) is 0 Å². The zero-order valence-electron chi connectivity index (χ0n) is 10.3. The molecule has 0 fully saturated rings. The van der Waals surface area contributed by atoms with Crippen LogP contribution in [0.1, 0.15) is 5.56 Å². The van der Waals surface area contributed by atoms with Crippen LogP contribution in [0.3, 0.4) is 0 Å². The summed E-state index contributed by atoms with van der Waals surface area (Å²) in [5, 5.41) is 0. The van der Waals surface area contributed by atoms with Crippen molar-refractivity contribution >= 4 is 9.84 Å². The standard InChI is InChI=1S/C12H16FNO3S/c1-9-7-11(17-8-10(13)5-6-14)3-4-12(9)18(2,15)16/h3-5,7H,6,8,14H2,1-2H3/b10-5+. The molecule has 100 valence electrons. The number of halogens is 1. The van der Waals surface area contributed by atoms with Crippen LogP contribution >= 0.6 is 0 Å². The van der Waals surface area contributed by atoms with Crippen molar-refractivity contribution in [2.24, 2.45) is 5.73 Å². The Hall–Kier alpha value is -1.40. The molecule has 0 unspecified atom stereocenters. The molecule has 0 spiro atoms. The SMILES string of the molecule is Cc1cc(OC/C(F)=C\CN)ccc1S(C)(=O)=O. The molecule has 0 radical (unpaired) electrons. The van der Waals surface area contributed by atoms with Gasteiger partial charge in [-0.15, -0.1) is 0 Å². The van der Waals surface area contributed by atoms with Gasteiger partial charge in [-0.2, -0.15) is 0 Å². The highest BCUT2D eigenvalue weighted by atomic mass is 32.2. The van der Waals surface area contributed by atoms with Crippen LogP contribution in [0.4, 0.5) is 4.39 Å². The second kappa shape index (κ2) is 5.97. The van der Waals surface area contributed by atoms with Crippen molar-refractivity contribution in [3.63, 3.8) is 0 Å². The van der Waals surface area contributed by atoms with Crippen LogP contribution < -0.4 is 10.5 Å². The molecule has 1 aromatic rings. The fourth-order valence-corrected chi connectivity index (χ4v) is 2.43. The van der Waals surface area contributed by atoms with Crippen LogP contribution in [0.25, 0.3) is 0 Å². The summed E-state index contributed by atoms with van der Waals surface area (Å²) in [7, 11) is -3.25. The summed E-state index contributed by atoms with van der Waals surface area (Å²) < 4.78 is 41.0.